The van der Waals surface area contributed by atoms with E-state index in [1.807, 2.05) is 0 Å². The van der Waals surface area contributed by atoms with Crippen molar-refractivity contribution in [3.8, 4) is 11.5 Å². The fourth-order valence-corrected chi connectivity index (χ4v) is 1.59. The SMILES string of the molecule is O=C(Nc1ccc2c(c1)OC(F)(F)O2)n1ccnc1. The Morgan fingerprint density at radius 1 is 1.32 bits per heavy atom. The molecule has 0 aliphatic carbocycles. The summed E-state index contributed by atoms with van der Waals surface area (Å²) in [5, 5.41) is 2.50. The lowest BCUT2D eigenvalue weighted by molar-refractivity contribution is -0.286. The van der Waals surface area contributed by atoms with Gasteiger partial charge in [0, 0.05) is 24.1 Å². The number of nitrogens with one attached hydrogen (secondary N) is 1. The number of alkyl halides is 2. The van der Waals surface area contributed by atoms with Crippen molar-refractivity contribution in [1.29, 1.82) is 0 Å². The zero-order valence-corrected chi connectivity index (χ0v) is 9.34. The van der Waals surface area contributed by atoms with Crippen molar-refractivity contribution < 1.29 is 23.0 Å². The summed E-state index contributed by atoms with van der Waals surface area (Å²) in [5.74, 6) is -0.209. The minimum Gasteiger partial charge on any atom is -0.395 e. The predicted octanol–water partition coefficient (Wildman–Crippen LogP) is 2.28. The van der Waals surface area contributed by atoms with E-state index in [0.717, 1.165) is 0 Å². The van der Waals surface area contributed by atoms with Crippen LogP contribution in [0.25, 0.3) is 0 Å². The molecule has 0 bridgehead atoms. The summed E-state index contributed by atoms with van der Waals surface area (Å²) in [6, 6.07) is 3.51. The molecule has 0 atom stereocenters. The average molecular weight is 267 g/mol. The first-order valence-electron chi connectivity index (χ1n) is 5.23. The molecule has 0 fully saturated rings. The van der Waals surface area contributed by atoms with Crippen LogP contribution in [0.1, 0.15) is 0 Å². The summed E-state index contributed by atoms with van der Waals surface area (Å²) in [5.41, 5.74) is 0.304. The smallest absolute Gasteiger partial charge is 0.395 e. The number of halogens is 2. The number of hydrogen-bond donors (Lipinski definition) is 1. The maximum atomic E-state index is 12.8. The molecule has 19 heavy (non-hydrogen) atoms. The Bertz CT molecular complexity index is 628. The van der Waals surface area contributed by atoms with Crippen molar-refractivity contribution in [2.75, 3.05) is 5.32 Å². The zero-order chi connectivity index (χ0) is 13.5. The molecule has 0 saturated heterocycles. The Morgan fingerprint density at radius 3 is 2.84 bits per heavy atom. The number of rotatable bonds is 1. The van der Waals surface area contributed by atoms with E-state index in [-0.39, 0.29) is 11.5 Å². The number of nitrogens with zero attached hydrogens (tertiary/aromatic N) is 2. The fraction of sp³-hybridized carbons (Fsp3) is 0.0909. The van der Waals surface area contributed by atoms with Crippen LogP contribution in [0.15, 0.2) is 36.9 Å². The minimum absolute atomic E-state index is 0.0781. The van der Waals surface area contributed by atoms with Gasteiger partial charge in [0.25, 0.3) is 0 Å². The molecule has 1 aromatic heterocycles. The van der Waals surface area contributed by atoms with Crippen LogP contribution in [0.2, 0.25) is 0 Å². The van der Waals surface area contributed by atoms with E-state index in [9.17, 15) is 13.6 Å². The first-order valence-corrected chi connectivity index (χ1v) is 5.23. The van der Waals surface area contributed by atoms with Crippen molar-refractivity contribution in [3.05, 3.63) is 36.9 Å². The second-order valence-corrected chi connectivity index (χ2v) is 3.73. The lowest BCUT2D eigenvalue weighted by atomic mass is 10.3. The van der Waals surface area contributed by atoms with Crippen LogP contribution in [0.4, 0.5) is 19.3 Å². The van der Waals surface area contributed by atoms with E-state index < -0.39 is 12.3 Å². The monoisotopic (exact) mass is 267 g/mol. The Kier molecular flexibility index (Phi) is 2.37. The Balaban J connectivity index is 1.79. The number of hydrogen-bond acceptors (Lipinski definition) is 4. The predicted molar refractivity (Wildman–Crippen MR) is 59.3 cm³/mol. The van der Waals surface area contributed by atoms with Gasteiger partial charge in [-0.05, 0) is 12.1 Å². The lowest BCUT2D eigenvalue weighted by Crippen LogP contribution is -2.25. The molecule has 1 amide bonds. The first kappa shape index (κ1) is 11.5. The van der Waals surface area contributed by atoms with Gasteiger partial charge in [0.05, 0.1) is 0 Å². The van der Waals surface area contributed by atoms with Crippen LogP contribution >= 0.6 is 0 Å². The van der Waals surface area contributed by atoms with E-state index in [1.165, 1.54) is 41.5 Å². The maximum absolute atomic E-state index is 12.8. The summed E-state index contributed by atoms with van der Waals surface area (Å²) in [6.45, 7) is 0. The minimum atomic E-state index is -3.67. The molecule has 0 unspecified atom stereocenters. The van der Waals surface area contributed by atoms with Gasteiger partial charge in [0.15, 0.2) is 11.5 Å². The van der Waals surface area contributed by atoms with Crippen LogP contribution in [0.3, 0.4) is 0 Å². The number of imidazole rings is 1. The molecule has 0 spiro atoms. The number of anilines is 1. The number of carbonyl (C=O) groups is 1. The van der Waals surface area contributed by atoms with Crippen molar-refractivity contribution in [2.24, 2.45) is 0 Å². The number of fused-ring (bicyclic) bond motifs is 1. The van der Waals surface area contributed by atoms with Gasteiger partial charge in [-0.1, -0.05) is 0 Å². The highest BCUT2D eigenvalue weighted by molar-refractivity contribution is 5.91. The maximum Gasteiger partial charge on any atom is 0.586 e. The normalized spacial score (nSPS) is 15.3. The third kappa shape index (κ3) is 2.19. The molecular formula is C11H7F2N3O3. The molecule has 0 radical (unpaired) electrons. The largest absolute Gasteiger partial charge is 0.586 e. The van der Waals surface area contributed by atoms with Gasteiger partial charge in [-0.15, -0.1) is 8.78 Å². The van der Waals surface area contributed by atoms with E-state index >= 15 is 0 Å². The summed E-state index contributed by atoms with van der Waals surface area (Å²) in [7, 11) is 0. The Hall–Kier alpha value is -2.64. The molecule has 6 nitrogen and oxygen atoms in total. The third-order valence-electron chi connectivity index (χ3n) is 2.39. The van der Waals surface area contributed by atoms with Gasteiger partial charge in [-0.3, -0.25) is 4.57 Å². The molecule has 1 aliphatic heterocycles. The zero-order valence-electron chi connectivity index (χ0n) is 9.34. The summed E-state index contributed by atoms with van der Waals surface area (Å²) in [4.78, 5) is 15.4. The van der Waals surface area contributed by atoms with Crippen LogP contribution < -0.4 is 14.8 Å². The van der Waals surface area contributed by atoms with Crippen molar-refractivity contribution >= 4 is 11.7 Å². The number of aromatic nitrogens is 2. The van der Waals surface area contributed by atoms with E-state index in [2.05, 4.69) is 19.8 Å². The highest BCUT2D eigenvalue weighted by Crippen LogP contribution is 2.42. The van der Waals surface area contributed by atoms with Gasteiger partial charge in [-0.2, -0.15) is 0 Å². The Labute approximate surface area is 105 Å². The molecule has 0 saturated carbocycles. The molecular weight excluding hydrogens is 260 g/mol. The van der Waals surface area contributed by atoms with Crippen LogP contribution in [-0.2, 0) is 0 Å². The second-order valence-electron chi connectivity index (χ2n) is 3.73. The second kappa shape index (κ2) is 3.94. The highest BCUT2D eigenvalue weighted by atomic mass is 19.3. The quantitative estimate of drug-likeness (QED) is 0.860. The van der Waals surface area contributed by atoms with Crippen molar-refractivity contribution in [2.45, 2.75) is 6.29 Å². The molecule has 1 aliphatic rings. The summed E-state index contributed by atoms with van der Waals surface area (Å²) < 4.78 is 35.4. The number of ether oxygens (including phenoxy) is 2. The van der Waals surface area contributed by atoms with Crippen LogP contribution in [0.5, 0.6) is 11.5 Å². The average Bonchev–Trinajstić information content (AvgIpc) is 2.93. The lowest BCUT2D eigenvalue weighted by Gasteiger charge is -2.05. The first-order chi connectivity index (χ1) is 9.03. The van der Waals surface area contributed by atoms with E-state index in [1.54, 1.807) is 0 Å². The summed E-state index contributed by atoms with van der Waals surface area (Å²) in [6.07, 6.45) is 0.544. The molecule has 1 aromatic carbocycles. The standard InChI is InChI=1S/C11H7F2N3O3/c12-11(13)18-8-2-1-7(5-9(8)19-11)15-10(17)16-4-3-14-6-16/h1-6H,(H,15,17). The van der Waals surface area contributed by atoms with Crippen molar-refractivity contribution in [1.82, 2.24) is 9.55 Å². The fourth-order valence-electron chi connectivity index (χ4n) is 1.59. The molecule has 2 aromatic rings. The Morgan fingerprint density at radius 2 is 2.11 bits per heavy atom. The van der Waals surface area contributed by atoms with Crippen molar-refractivity contribution in [3.63, 3.8) is 0 Å². The van der Waals surface area contributed by atoms with E-state index in [4.69, 9.17) is 0 Å². The highest BCUT2D eigenvalue weighted by Gasteiger charge is 2.43. The van der Waals surface area contributed by atoms with Crippen LogP contribution in [0, 0.1) is 0 Å². The number of carbonyl (C=O) groups excluding carboxylic acids is 1. The number of benzene rings is 1. The van der Waals surface area contributed by atoms with Crippen LogP contribution in [-0.4, -0.2) is 21.9 Å². The van der Waals surface area contributed by atoms with E-state index in [0.29, 0.717) is 5.69 Å². The topological polar surface area (TPSA) is 65.4 Å². The van der Waals surface area contributed by atoms with Gasteiger partial charge in [-0.25, -0.2) is 9.78 Å². The van der Waals surface area contributed by atoms with Gasteiger partial charge in [0.2, 0.25) is 0 Å². The van der Waals surface area contributed by atoms with Gasteiger partial charge < -0.3 is 14.8 Å². The molecule has 3 rings (SSSR count). The van der Waals surface area contributed by atoms with Gasteiger partial charge >= 0.3 is 12.3 Å². The van der Waals surface area contributed by atoms with Gasteiger partial charge in [0.1, 0.15) is 6.33 Å². The summed E-state index contributed by atoms with van der Waals surface area (Å²) >= 11 is 0. The third-order valence-corrected chi connectivity index (χ3v) is 2.39. The molecule has 2 heterocycles. The number of amides is 1. The molecule has 1 N–H and O–H groups in total. The molecule has 98 valence electrons. The molecule has 8 heteroatoms.